The molecule has 0 aromatic carbocycles. The fraction of sp³-hybridized carbons (Fsp3) is 1.00. The Labute approximate surface area is 94.6 Å². The maximum absolute atomic E-state index is 12.3. The second-order valence-corrected chi connectivity index (χ2v) is 3.84. The van der Waals surface area contributed by atoms with Gasteiger partial charge in [0.25, 0.3) is 0 Å². The molecule has 0 atom stereocenters. The molecular weight excluding hydrogens is 296 g/mol. The third kappa shape index (κ3) is 4.72. The zero-order valence-corrected chi connectivity index (χ0v) is 9.30. The van der Waals surface area contributed by atoms with Gasteiger partial charge in [0, 0.05) is 0 Å². The highest BCUT2D eigenvalue weighted by Gasteiger charge is 2.48. The van der Waals surface area contributed by atoms with E-state index in [4.69, 9.17) is 0 Å². The monoisotopic (exact) mass is 300 g/mol. The van der Waals surface area contributed by atoms with E-state index in [2.05, 4.69) is 8.73 Å². The lowest BCUT2D eigenvalue weighted by Gasteiger charge is -2.27. The van der Waals surface area contributed by atoms with Gasteiger partial charge in [0.2, 0.25) is 5.66 Å². The van der Waals surface area contributed by atoms with Crippen molar-refractivity contribution >= 4 is 21.0 Å². The summed E-state index contributed by atoms with van der Waals surface area (Å²) in [6.07, 6.45) is 0. The molecule has 0 bridgehead atoms. The number of hydrogen-bond acceptors (Lipinski definition) is 8. The molecule has 17 heavy (non-hydrogen) atoms. The van der Waals surface area contributed by atoms with Crippen LogP contribution in [0.25, 0.3) is 0 Å². The number of nitrogens with zero attached hydrogens (tertiary/aromatic N) is 4. The minimum Gasteiger partial charge on any atom is -0.168 e. The van der Waals surface area contributed by atoms with E-state index in [9.17, 15) is 34.8 Å². The summed E-state index contributed by atoms with van der Waals surface area (Å²) in [7, 11) is -6.40. The van der Waals surface area contributed by atoms with Gasteiger partial charge >= 0.3 is 21.0 Å². The highest BCUT2D eigenvalue weighted by atomic mass is 32.2. The van der Waals surface area contributed by atoms with Crippen molar-refractivity contribution in [3.8, 4) is 0 Å². The summed E-state index contributed by atoms with van der Waals surface area (Å²) in [6, 6.07) is 0. The van der Waals surface area contributed by atoms with Crippen molar-refractivity contribution in [2.45, 2.75) is 5.66 Å². The first-order chi connectivity index (χ1) is 7.72. The van der Waals surface area contributed by atoms with E-state index in [1.54, 1.807) is 0 Å². The van der Waals surface area contributed by atoms with Crippen LogP contribution in [0.1, 0.15) is 0 Å². The maximum Gasteiger partial charge on any atom is 0.311 e. The summed E-state index contributed by atoms with van der Waals surface area (Å²) < 4.78 is 94.0. The van der Waals surface area contributed by atoms with Gasteiger partial charge in [-0.25, -0.2) is 0 Å². The Morgan fingerprint density at radius 2 is 1.12 bits per heavy atom. The van der Waals surface area contributed by atoms with Crippen LogP contribution in [0.2, 0.25) is 0 Å². The van der Waals surface area contributed by atoms with Crippen LogP contribution in [0.15, 0.2) is 8.73 Å². The summed E-state index contributed by atoms with van der Waals surface area (Å²) in [4.78, 5) is 0. The molecule has 0 aromatic heterocycles. The molecule has 0 rings (SSSR count). The van der Waals surface area contributed by atoms with Gasteiger partial charge in [-0.3, -0.25) is 0 Å². The minimum absolute atomic E-state index is 1.59. The van der Waals surface area contributed by atoms with Crippen LogP contribution in [0.4, 0.5) is 17.9 Å². The van der Waals surface area contributed by atoms with Crippen molar-refractivity contribution in [3.63, 3.8) is 0 Å². The average Bonchev–Trinajstić information content (AvgIpc) is 2.16. The molecule has 0 N–H and O–H groups in total. The van der Waals surface area contributed by atoms with E-state index < -0.39 is 50.4 Å². The van der Waals surface area contributed by atoms with Crippen molar-refractivity contribution in [1.29, 1.82) is 0 Å². The fourth-order valence-electron chi connectivity index (χ4n) is 0.633. The summed E-state index contributed by atoms with van der Waals surface area (Å²) >= 11 is 0. The summed E-state index contributed by atoms with van der Waals surface area (Å²) in [6.45, 7) is -3.19. The fourth-order valence-corrected chi connectivity index (χ4v) is 1.26. The number of halogens is 4. The molecule has 8 nitrogen and oxygen atoms in total. The molecular formula is C3H4F4N4O4S2. The van der Waals surface area contributed by atoms with Crippen LogP contribution in [-0.2, 0) is 21.0 Å². The smallest absolute Gasteiger partial charge is 0.168 e. The zero-order chi connectivity index (χ0) is 13.6. The van der Waals surface area contributed by atoms with Gasteiger partial charge < -0.3 is 0 Å². The molecule has 0 radical (unpaired) electrons. The molecule has 14 heteroatoms. The predicted molar refractivity (Wildman–Crippen MR) is 43.3 cm³/mol. The zero-order valence-electron chi connectivity index (χ0n) is 7.66. The Morgan fingerprint density at radius 3 is 1.29 bits per heavy atom. The second kappa shape index (κ2) is 6.58. The van der Waals surface area contributed by atoms with E-state index in [0.717, 1.165) is 0 Å². The van der Waals surface area contributed by atoms with Gasteiger partial charge in [0.05, 0.1) is 10.7 Å². The van der Waals surface area contributed by atoms with Crippen molar-refractivity contribution in [1.82, 2.24) is 10.7 Å². The van der Waals surface area contributed by atoms with Gasteiger partial charge in [-0.05, 0) is 0 Å². The Morgan fingerprint density at radius 1 is 0.824 bits per heavy atom. The van der Waals surface area contributed by atoms with E-state index in [0.29, 0.717) is 0 Å². The number of rotatable bonds is 6. The van der Waals surface area contributed by atoms with Gasteiger partial charge in [-0.1, -0.05) is 17.9 Å². The van der Waals surface area contributed by atoms with E-state index in [-0.39, 0.29) is 0 Å². The Bertz CT molecular complexity index is 449. The standard InChI is InChI=1S/C3H4F4N4O4S2/c4-10(5)3(11(6)7,1-8-16(12)13)2-9-17(14)15/h1-2H2. The minimum atomic E-state index is -3.56. The van der Waals surface area contributed by atoms with Crippen molar-refractivity contribution < 1.29 is 34.8 Å². The normalized spacial score (nSPS) is 11.6. The van der Waals surface area contributed by atoms with Crippen LogP contribution in [-0.4, -0.2) is 46.3 Å². The Kier molecular flexibility index (Phi) is 6.14. The highest BCUT2D eigenvalue weighted by Crippen LogP contribution is 2.24. The lowest BCUT2D eigenvalue weighted by atomic mass is 10.2. The van der Waals surface area contributed by atoms with Gasteiger partial charge in [-0.2, -0.15) is 25.6 Å². The van der Waals surface area contributed by atoms with E-state index in [1.165, 1.54) is 0 Å². The lowest BCUT2D eigenvalue weighted by Crippen LogP contribution is -2.54. The third-order valence-corrected chi connectivity index (χ3v) is 2.16. The van der Waals surface area contributed by atoms with Crippen LogP contribution in [0.5, 0.6) is 0 Å². The maximum atomic E-state index is 12.3. The van der Waals surface area contributed by atoms with Crippen LogP contribution >= 0.6 is 0 Å². The van der Waals surface area contributed by atoms with Gasteiger partial charge in [-0.15, -0.1) is 0 Å². The molecule has 0 aromatic rings. The van der Waals surface area contributed by atoms with Crippen LogP contribution < -0.4 is 0 Å². The largest absolute Gasteiger partial charge is 0.311 e. The SMILES string of the molecule is O=S(=O)=NCC(CN=S(=O)=O)(N(F)F)N(F)F. The first-order valence-corrected chi connectivity index (χ1v) is 5.56. The average molecular weight is 300 g/mol. The van der Waals surface area contributed by atoms with Crippen molar-refractivity contribution in [2.24, 2.45) is 8.73 Å². The molecule has 0 saturated heterocycles. The summed E-state index contributed by atoms with van der Waals surface area (Å²) in [5, 5.41) is -4.14. The molecule has 0 saturated carbocycles. The first-order valence-electron chi connectivity index (χ1n) is 3.49. The molecule has 0 heterocycles. The lowest BCUT2D eigenvalue weighted by molar-refractivity contribution is -0.363. The molecule has 0 aliphatic heterocycles. The van der Waals surface area contributed by atoms with Crippen LogP contribution in [0.3, 0.4) is 0 Å². The van der Waals surface area contributed by atoms with Gasteiger partial charge in [0.15, 0.2) is 0 Å². The van der Waals surface area contributed by atoms with Crippen molar-refractivity contribution in [3.05, 3.63) is 0 Å². The van der Waals surface area contributed by atoms with E-state index in [1.807, 2.05) is 0 Å². The molecule has 0 spiro atoms. The molecule has 0 amide bonds. The molecule has 100 valence electrons. The summed E-state index contributed by atoms with van der Waals surface area (Å²) in [5.41, 5.74) is -3.56. The topological polar surface area (TPSA) is 99.5 Å². The Hall–Kier alpha value is -1.12. The number of hydrogen-bond donors (Lipinski definition) is 0. The molecule has 0 aliphatic rings. The van der Waals surface area contributed by atoms with Crippen LogP contribution in [0, 0.1) is 0 Å². The van der Waals surface area contributed by atoms with Crippen molar-refractivity contribution in [2.75, 3.05) is 13.1 Å². The summed E-state index contributed by atoms with van der Waals surface area (Å²) in [5.74, 6) is 0. The Balaban J connectivity index is 5.42. The second-order valence-electron chi connectivity index (χ2n) is 2.46. The predicted octanol–water partition coefficient (Wildman–Crippen LogP) is -0.0499. The quantitative estimate of drug-likeness (QED) is 0.387. The first kappa shape index (κ1) is 15.9. The molecule has 0 fully saturated rings. The van der Waals surface area contributed by atoms with Gasteiger partial charge in [0.1, 0.15) is 13.1 Å². The van der Waals surface area contributed by atoms with E-state index >= 15 is 0 Å². The third-order valence-electron chi connectivity index (χ3n) is 1.48. The highest BCUT2D eigenvalue weighted by molar-refractivity contribution is 7.61. The molecule has 0 aliphatic carbocycles. The molecule has 0 unspecified atom stereocenters.